The number of rotatable bonds is 9. The van der Waals surface area contributed by atoms with Crippen molar-refractivity contribution in [2.75, 3.05) is 32.8 Å². The van der Waals surface area contributed by atoms with Crippen LogP contribution in [0.25, 0.3) is 11.1 Å². The molecule has 146 valence electrons. The normalized spacial score (nSPS) is 15.3. The monoisotopic (exact) mass is 367 g/mol. The van der Waals surface area contributed by atoms with Crippen molar-refractivity contribution in [1.29, 1.82) is 0 Å². The van der Waals surface area contributed by atoms with Gasteiger partial charge in [0.15, 0.2) is 0 Å². The maximum Gasteiger partial charge on any atom is 0.119 e. The van der Waals surface area contributed by atoms with E-state index in [1.807, 2.05) is 12.1 Å². The van der Waals surface area contributed by atoms with Crippen molar-refractivity contribution in [1.82, 2.24) is 4.90 Å². The lowest BCUT2D eigenvalue weighted by Gasteiger charge is -2.19. The van der Waals surface area contributed by atoms with Gasteiger partial charge in [0.1, 0.15) is 11.5 Å². The lowest BCUT2D eigenvalue weighted by atomic mass is 10.1. The van der Waals surface area contributed by atoms with Crippen LogP contribution in [0.15, 0.2) is 48.5 Å². The van der Waals surface area contributed by atoms with Crippen molar-refractivity contribution >= 4 is 0 Å². The molecule has 1 fully saturated rings. The molecule has 0 saturated carbocycles. The minimum atomic E-state index is 0.767. The number of hydrogen-bond donors (Lipinski definition) is 0. The fraction of sp³-hybridized carbons (Fsp3) is 0.500. The number of ether oxygens (including phenoxy) is 2. The Hall–Kier alpha value is -2.00. The molecule has 1 heterocycles. The molecule has 27 heavy (non-hydrogen) atoms. The third kappa shape index (κ3) is 6.59. The van der Waals surface area contributed by atoms with Crippen LogP contribution in [0, 0.1) is 0 Å². The van der Waals surface area contributed by atoms with Gasteiger partial charge in [-0.25, -0.2) is 0 Å². The van der Waals surface area contributed by atoms with E-state index < -0.39 is 0 Å². The predicted octanol–water partition coefficient (Wildman–Crippen LogP) is 5.79. The van der Waals surface area contributed by atoms with Crippen molar-refractivity contribution in [3.8, 4) is 22.6 Å². The molecule has 0 N–H and O–H groups in total. The van der Waals surface area contributed by atoms with Gasteiger partial charge in [0.25, 0.3) is 0 Å². The van der Waals surface area contributed by atoms with Gasteiger partial charge in [0, 0.05) is 6.54 Å². The summed E-state index contributed by atoms with van der Waals surface area (Å²) in [5.74, 6) is 1.89. The summed E-state index contributed by atoms with van der Waals surface area (Å²) in [4.78, 5) is 2.59. The second kappa shape index (κ2) is 11.0. The molecule has 0 unspecified atom stereocenters. The van der Waals surface area contributed by atoms with Crippen molar-refractivity contribution in [2.24, 2.45) is 0 Å². The Balaban J connectivity index is 1.43. The molecule has 0 aromatic heterocycles. The van der Waals surface area contributed by atoms with Crippen LogP contribution in [-0.2, 0) is 0 Å². The Bertz CT molecular complexity index is 643. The van der Waals surface area contributed by atoms with E-state index in [1.165, 1.54) is 49.9 Å². The van der Waals surface area contributed by atoms with Gasteiger partial charge in [0.05, 0.1) is 13.2 Å². The predicted molar refractivity (Wildman–Crippen MR) is 113 cm³/mol. The second-order valence-electron chi connectivity index (χ2n) is 7.36. The Labute approximate surface area is 164 Å². The van der Waals surface area contributed by atoms with Gasteiger partial charge in [-0.05, 0) is 74.2 Å². The molecule has 0 aliphatic carbocycles. The van der Waals surface area contributed by atoms with Crippen molar-refractivity contribution < 1.29 is 9.47 Å². The fourth-order valence-electron chi connectivity index (χ4n) is 3.55. The number of hydrogen-bond acceptors (Lipinski definition) is 3. The summed E-state index contributed by atoms with van der Waals surface area (Å²) in [6, 6.07) is 16.7. The molecule has 0 amide bonds. The van der Waals surface area contributed by atoms with Crippen LogP contribution in [0.3, 0.4) is 0 Å². The van der Waals surface area contributed by atoms with Gasteiger partial charge in [-0.1, -0.05) is 44.0 Å². The van der Waals surface area contributed by atoms with Crippen molar-refractivity contribution in [2.45, 2.75) is 45.4 Å². The van der Waals surface area contributed by atoms with E-state index >= 15 is 0 Å². The summed E-state index contributed by atoms with van der Waals surface area (Å²) in [6.07, 6.45) is 7.63. The highest BCUT2D eigenvalue weighted by Crippen LogP contribution is 2.24. The van der Waals surface area contributed by atoms with Crippen LogP contribution in [-0.4, -0.2) is 37.7 Å². The quantitative estimate of drug-likeness (QED) is 0.524. The van der Waals surface area contributed by atoms with Crippen LogP contribution in [0.1, 0.15) is 45.4 Å². The van der Waals surface area contributed by atoms with E-state index in [2.05, 4.69) is 48.2 Å². The van der Waals surface area contributed by atoms with Crippen LogP contribution in [0.4, 0.5) is 0 Å². The van der Waals surface area contributed by atoms with E-state index in [1.54, 1.807) is 0 Å². The van der Waals surface area contributed by atoms with Gasteiger partial charge in [-0.2, -0.15) is 0 Å². The second-order valence-corrected chi connectivity index (χ2v) is 7.36. The van der Waals surface area contributed by atoms with Crippen LogP contribution in [0.2, 0.25) is 0 Å². The summed E-state index contributed by atoms with van der Waals surface area (Å²) in [6.45, 7) is 7.36. The maximum absolute atomic E-state index is 5.94. The molecule has 2 aromatic rings. The maximum atomic E-state index is 5.94. The first-order chi connectivity index (χ1) is 13.3. The summed E-state index contributed by atoms with van der Waals surface area (Å²) < 4.78 is 11.6. The Kier molecular flexibility index (Phi) is 8.03. The van der Waals surface area contributed by atoms with Gasteiger partial charge in [-0.15, -0.1) is 0 Å². The molecule has 3 rings (SSSR count). The fourth-order valence-corrected chi connectivity index (χ4v) is 3.55. The summed E-state index contributed by atoms with van der Waals surface area (Å²) in [7, 11) is 0. The number of nitrogens with zero attached hydrogens (tertiary/aromatic N) is 1. The average Bonchev–Trinajstić information content (AvgIpc) is 2.99. The standard InChI is InChI=1S/C24H33NO2/c1-2-19-26-23-12-8-21(9-13-23)22-10-14-24(15-11-22)27-20-7-18-25-16-5-3-4-6-17-25/h8-15H,2-7,16-20H2,1H3. The first kappa shape index (κ1) is 19.8. The number of likely N-dealkylation sites (tertiary alicyclic amines) is 1. The molecule has 0 radical (unpaired) electrons. The third-order valence-electron chi connectivity index (χ3n) is 5.10. The topological polar surface area (TPSA) is 21.7 Å². The molecule has 3 nitrogen and oxygen atoms in total. The van der Waals surface area contributed by atoms with Crippen molar-refractivity contribution in [3.05, 3.63) is 48.5 Å². The molecule has 1 saturated heterocycles. The summed E-state index contributed by atoms with van der Waals surface area (Å²) in [5.41, 5.74) is 2.40. The summed E-state index contributed by atoms with van der Waals surface area (Å²) in [5, 5.41) is 0. The smallest absolute Gasteiger partial charge is 0.119 e. The van der Waals surface area contributed by atoms with Gasteiger partial charge in [-0.3, -0.25) is 0 Å². The minimum Gasteiger partial charge on any atom is -0.494 e. The SMILES string of the molecule is CCCOc1ccc(-c2ccc(OCCCN3CCCCCC3)cc2)cc1. The lowest BCUT2D eigenvalue weighted by Crippen LogP contribution is -2.26. The van der Waals surface area contributed by atoms with Gasteiger partial charge < -0.3 is 14.4 Å². The lowest BCUT2D eigenvalue weighted by molar-refractivity contribution is 0.240. The number of benzene rings is 2. The van der Waals surface area contributed by atoms with E-state index in [0.717, 1.165) is 44.1 Å². The Morgan fingerprint density at radius 1 is 0.704 bits per heavy atom. The average molecular weight is 368 g/mol. The van der Waals surface area contributed by atoms with E-state index in [9.17, 15) is 0 Å². The molecular weight excluding hydrogens is 334 g/mol. The zero-order valence-electron chi connectivity index (χ0n) is 16.7. The van der Waals surface area contributed by atoms with Gasteiger partial charge in [0.2, 0.25) is 0 Å². The van der Waals surface area contributed by atoms with Crippen LogP contribution in [0.5, 0.6) is 11.5 Å². The van der Waals surface area contributed by atoms with E-state index in [0.29, 0.717) is 0 Å². The molecule has 0 spiro atoms. The van der Waals surface area contributed by atoms with Crippen molar-refractivity contribution in [3.63, 3.8) is 0 Å². The first-order valence-corrected chi connectivity index (χ1v) is 10.5. The zero-order valence-corrected chi connectivity index (χ0v) is 16.7. The Morgan fingerprint density at radius 2 is 1.22 bits per heavy atom. The molecule has 2 aromatic carbocycles. The first-order valence-electron chi connectivity index (χ1n) is 10.5. The highest BCUT2D eigenvalue weighted by Gasteiger charge is 2.08. The van der Waals surface area contributed by atoms with E-state index in [-0.39, 0.29) is 0 Å². The molecule has 0 bridgehead atoms. The minimum absolute atomic E-state index is 0.767. The van der Waals surface area contributed by atoms with Crippen LogP contribution >= 0.6 is 0 Å². The molecule has 1 aliphatic heterocycles. The zero-order chi connectivity index (χ0) is 18.7. The highest BCUT2D eigenvalue weighted by molar-refractivity contribution is 5.64. The molecular formula is C24H33NO2. The summed E-state index contributed by atoms with van der Waals surface area (Å²) >= 11 is 0. The van der Waals surface area contributed by atoms with E-state index in [4.69, 9.17) is 9.47 Å². The molecule has 3 heteroatoms. The highest BCUT2D eigenvalue weighted by atomic mass is 16.5. The molecule has 1 aliphatic rings. The third-order valence-corrected chi connectivity index (χ3v) is 5.10. The van der Waals surface area contributed by atoms with Gasteiger partial charge >= 0.3 is 0 Å². The Morgan fingerprint density at radius 3 is 1.74 bits per heavy atom. The largest absolute Gasteiger partial charge is 0.494 e. The van der Waals surface area contributed by atoms with Crippen LogP contribution < -0.4 is 9.47 Å². The molecule has 0 atom stereocenters.